The minimum Gasteiger partial charge on any atom is -0.490 e. The molecular formula is C19H23ClN2O3. The quantitative estimate of drug-likeness (QED) is 0.756. The van der Waals surface area contributed by atoms with Gasteiger partial charge in [-0.1, -0.05) is 31.0 Å². The summed E-state index contributed by atoms with van der Waals surface area (Å²) in [4.78, 5) is 15.2. The molecule has 1 atom stereocenters. The number of rotatable bonds is 8. The first-order chi connectivity index (χ1) is 12.0. The van der Waals surface area contributed by atoms with Crippen molar-refractivity contribution in [1.82, 2.24) is 10.3 Å². The van der Waals surface area contributed by atoms with Gasteiger partial charge in [0.25, 0.3) is 0 Å². The normalized spacial score (nSPS) is 11.7. The summed E-state index contributed by atoms with van der Waals surface area (Å²) >= 11 is 6.26. The number of hydrogen-bond donors (Lipinski definition) is 1. The van der Waals surface area contributed by atoms with Gasteiger partial charge in [-0.25, -0.2) is 4.98 Å². The maximum absolute atomic E-state index is 11.0. The van der Waals surface area contributed by atoms with Crippen LogP contribution in [0.1, 0.15) is 32.8 Å². The van der Waals surface area contributed by atoms with Crippen LogP contribution in [0.2, 0.25) is 5.02 Å². The summed E-state index contributed by atoms with van der Waals surface area (Å²) in [6.07, 6.45) is 3.64. The molecule has 5 nitrogen and oxygen atoms in total. The van der Waals surface area contributed by atoms with Crippen molar-refractivity contribution in [2.24, 2.45) is 0 Å². The maximum Gasteiger partial charge on any atom is 0.219 e. The highest BCUT2D eigenvalue weighted by molar-refractivity contribution is 6.32. The summed E-state index contributed by atoms with van der Waals surface area (Å²) in [5.74, 6) is 1.53. The van der Waals surface area contributed by atoms with E-state index >= 15 is 0 Å². The molecule has 0 bridgehead atoms. The zero-order valence-corrected chi connectivity index (χ0v) is 15.5. The van der Waals surface area contributed by atoms with E-state index in [1.807, 2.05) is 25.1 Å². The molecular weight excluding hydrogens is 340 g/mol. The summed E-state index contributed by atoms with van der Waals surface area (Å²) in [5, 5.41) is 3.32. The number of pyridine rings is 1. The minimum absolute atomic E-state index is 0.0751. The summed E-state index contributed by atoms with van der Waals surface area (Å²) in [6, 6.07) is 9.19. The van der Waals surface area contributed by atoms with Gasteiger partial charge in [0, 0.05) is 13.0 Å². The third kappa shape index (κ3) is 6.27. The molecule has 1 aromatic carbocycles. The van der Waals surface area contributed by atoms with Crippen LogP contribution in [0.15, 0.2) is 36.5 Å². The number of nitrogens with one attached hydrogen (secondary N) is 1. The third-order valence-electron chi connectivity index (χ3n) is 3.41. The van der Waals surface area contributed by atoms with Crippen molar-refractivity contribution in [3.05, 3.63) is 47.1 Å². The predicted molar refractivity (Wildman–Crippen MR) is 98.5 cm³/mol. The first-order valence-electron chi connectivity index (χ1n) is 8.30. The second-order valence-corrected chi connectivity index (χ2v) is 6.27. The number of hydrogen-bond acceptors (Lipinski definition) is 4. The summed E-state index contributed by atoms with van der Waals surface area (Å²) in [6.45, 7) is 5.84. The molecule has 0 aliphatic carbocycles. The van der Waals surface area contributed by atoms with Gasteiger partial charge in [-0.15, -0.1) is 0 Å². The highest BCUT2D eigenvalue weighted by Gasteiger charge is 2.07. The van der Waals surface area contributed by atoms with Crippen molar-refractivity contribution < 1.29 is 14.3 Å². The number of nitrogens with zero attached hydrogens (tertiary/aromatic N) is 1. The summed E-state index contributed by atoms with van der Waals surface area (Å²) < 4.78 is 11.3. The smallest absolute Gasteiger partial charge is 0.219 e. The molecule has 1 aromatic heterocycles. The molecule has 0 spiro atoms. The first kappa shape index (κ1) is 19.1. The van der Waals surface area contributed by atoms with Crippen molar-refractivity contribution in [1.29, 1.82) is 0 Å². The molecule has 25 heavy (non-hydrogen) atoms. The van der Waals surface area contributed by atoms with Crippen molar-refractivity contribution >= 4 is 17.5 Å². The van der Waals surface area contributed by atoms with E-state index in [1.54, 1.807) is 18.3 Å². The molecule has 2 rings (SSSR count). The molecule has 0 fully saturated rings. The van der Waals surface area contributed by atoms with Crippen LogP contribution in [-0.2, 0) is 11.2 Å². The largest absolute Gasteiger partial charge is 0.490 e. The number of amides is 1. The maximum atomic E-state index is 11.0. The van der Waals surface area contributed by atoms with Gasteiger partial charge < -0.3 is 14.8 Å². The number of halogens is 1. The van der Waals surface area contributed by atoms with Crippen LogP contribution >= 0.6 is 11.6 Å². The number of ether oxygens (including phenoxy) is 2. The topological polar surface area (TPSA) is 60.5 Å². The van der Waals surface area contributed by atoms with Crippen molar-refractivity contribution in [3.63, 3.8) is 0 Å². The Kier molecular flexibility index (Phi) is 7.07. The van der Waals surface area contributed by atoms with Crippen LogP contribution in [-0.4, -0.2) is 23.5 Å². The highest BCUT2D eigenvalue weighted by Crippen LogP contribution is 2.30. The van der Waals surface area contributed by atoms with E-state index < -0.39 is 0 Å². The summed E-state index contributed by atoms with van der Waals surface area (Å²) in [7, 11) is 0. The summed E-state index contributed by atoms with van der Waals surface area (Å²) in [5.41, 5.74) is 1.19. The zero-order chi connectivity index (χ0) is 18.2. The van der Waals surface area contributed by atoms with E-state index in [1.165, 1.54) is 12.5 Å². The molecule has 6 heteroatoms. The van der Waals surface area contributed by atoms with Crippen molar-refractivity contribution in [2.75, 3.05) is 6.61 Å². The lowest BCUT2D eigenvalue weighted by Crippen LogP contribution is -2.35. The zero-order valence-electron chi connectivity index (χ0n) is 14.7. The van der Waals surface area contributed by atoms with E-state index in [-0.39, 0.29) is 11.9 Å². The fourth-order valence-electron chi connectivity index (χ4n) is 2.31. The number of carbonyl (C=O) groups excluding carboxylic acids is 1. The number of benzene rings is 1. The second-order valence-electron chi connectivity index (χ2n) is 5.86. The van der Waals surface area contributed by atoms with Gasteiger partial charge in [0.15, 0.2) is 0 Å². The Morgan fingerprint density at radius 3 is 2.72 bits per heavy atom. The van der Waals surface area contributed by atoms with E-state index in [0.717, 1.165) is 12.8 Å². The SMILES string of the molecule is CCCc1ccc(Oc2ccc(OCC(C)NC(C)=O)cn2)c(Cl)c1. The van der Waals surface area contributed by atoms with Gasteiger partial charge in [0.05, 0.1) is 17.3 Å². The van der Waals surface area contributed by atoms with Gasteiger partial charge >= 0.3 is 0 Å². The molecule has 134 valence electrons. The Balaban J connectivity index is 1.93. The molecule has 1 amide bonds. The Labute approximate surface area is 153 Å². The highest BCUT2D eigenvalue weighted by atomic mass is 35.5. The van der Waals surface area contributed by atoms with E-state index in [2.05, 4.69) is 17.2 Å². The fourth-order valence-corrected chi connectivity index (χ4v) is 2.55. The monoisotopic (exact) mass is 362 g/mol. The number of aromatic nitrogens is 1. The molecule has 0 saturated heterocycles. The first-order valence-corrected chi connectivity index (χ1v) is 8.68. The van der Waals surface area contributed by atoms with Crippen LogP contribution < -0.4 is 14.8 Å². The Morgan fingerprint density at radius 1 is 1.32 bits per heavy atom. The van der Waals surface area contributed by atoms with E-state index in [4.69, 9.17) is 21.1 Å². The standard InChI is InChI=1S/C19H23ClN2O3/c1-4-5-15-6-8-18(17(20)10-15)25-19-9-7-16(11-21-19)24-12-13(2)22-14(3)23/h6-11,13H,4-5,12H2,1-3H3,(H,22,23). The number of aryl methyl sites for hydroxylation is 1. The lowest BCUT2D eigenvalue weighted by Gasteiger charge is -2.14. The van der Waals surface area contributed by atoms with E-state index in [0.29, 0.717) is 29.0 Å². The Bertz CT molecular complexity index is 704. The van der Waals surface area contributed by atoms with Gasteiger partial charge in [0.2, 0.25) is 11.8 Å². The molecule has 0 aliphatic rings. The fraction of sp³-hybridized carbons (Fsp3) is 0.368. The van der Waals surface area contributed by atoms with Crippen LogP contribution in [0.5, 0.6) is 17.4 Å². The molecule has 1 N–H and O–H groups in total. The lowest BCUT2D eigenvalue weighted by atomic mass is 10.1. The van der Waals surface area contributed by atoms with Crippen LogP contribution in [0.25, 0.3) is 0 Å². The van der Waals surface area contributed by atoms with Crippen LogP contribution in [0, 0.1) is 0 Å². The average Bonchev–Trinajstić information content (AvgIpc) is 2.56. The van der Waals surface area contributed by atoms with Crippen LogP contribution in [0.3, 0.4) is 0 Å². The number of carbonyl (C=O) groups is 1. The van der Waals surface area contributed by atoms with Crippen LogP contribution in [0.4, 0.5) is 0 Å². The van der Waals surface area contributed by atoms with Crippen molar-refractivity contribution in [3.8, 4) is 17.4 Å². The van der Waals surface area contributed by atoms with Gasteiger partial charge in [-0.2, -0.15) is 0 Å². The average molecular weight is 363 g/mol. The molecule has 0 radical (unpaired) electrons. The third-order valence-corrected chi connectivity index (χ3v) is 3.70. The molecule has 0 saturated carbocycles. The van der Waals surface area contributed by atoms with Gasteiger partial charge in [-0.05, 0) is 37.1 Å². The Hall–Kier alpha value is -2.27. The predicted octanol–water partition coefficient (Wildman–Crippen LogP) is 4.38. The molecule has 1 heterocycles. The lowest BCUT2D eigenvalue weighted by molar-refractivity contribution is -0.119. The second kappa shape index (κ2) is 9.28. The van der Waals surface area contributed by atoms with Gasteiger partial charge in [-0.3, -0.25) is 4.79 Å². The molecule has 2 aromatic rings. The minimum atomic E-state index is -0.0835. The molecule has 1 unspecified atom stereocenters. The Morgan fingerprint density at radius 2 is 2.12 bits per heavy atom. The molecule has 0 aliphatic heterocycles. The van der Waals surface area contributed by atoms with Crippen molar-refractivity contribution in [2.45, 2.75) is 39.7 Å². The van der Waals surface area contributed by atoms with E-state index in [9.17, 15) is 4.79 Å². The van der Waals surface area contributed by atoms with Gasteiger partial charge in [0.1, 0.15) is 18.1 Å².